The summed E-state index contributed by atoms with van der Waals surface area (Å²) in [5.74, 6) is -0.233. The molecular formula is C25H21N3O3S. The van der Waals surface area contributed by atoms with E-state index in [-0.39, 0.29) is 17.3 Å². The van der Waals surface area contributed by atoms with E-state index in [1.807, 2.05) is 55.5 Å². The molecule has 160 valence electrons. The smallest absolute Gasteiger partial charge is 0.264 e. The maximum Gasteiger partial charge on any atom is 0.264 e. The summed E-state index contributed by atoms with van der Waals surface area (Å²) in [6, 6.07) is 23.6. The lowest BCUT2D eigenvalue weighted by Gasteiger charge is -2.30. The zero-order chi connectivity index (χ0) is 22.5. The van der Waals surface area contributed by atoms with Crippen LogP contribution in [0, 0.1) is 6.92 Å². The van der Waals surface area contributed by atoms with Crippen molar-refractivity contribution in [3.63, 3.8) is 0 Å². The van der Waals surface area contributed by atoms with Gasteiger partial charge in [0.05, 0.1) is 22.8 Å². The number of hydrogen-bond donors (Lipinski definition) is 0. The minimum absolute atomic E-state index is 0.0834. The summed E-state index contributed by atoms with van der Waals surface area (Å²) in [6.07, 6.45) is 0. The van der Waals surface area contributed by atoms with Crippen LogP contribution < -0.4 is 4.31 Å². The maximum atomic E-state index is 13.7. The number of nitrogens with zero attached hydrogens (tertiary/aromatic N) is 3. The van der Waals surface area contributed by atoms with Gasteiger partial charge in [-0.15, -0.1) is 0 Å². The summed E-state index contributed by atoms with van der Waals surface area (Å²) in [4.78, 5) is 12.7. The Bertz CT molecular complexity index is 1440. The third kappa shape index (κ3) is 3.13. The third-order valence-electron chi connectivity index (χ3n) is 5.67. The van der Waals surface area contributed by atoms with Crippen molar-refractivity contribution >= 4 is 21.6 Å². The molecule has 1 aliphatic heterocycles. The van der Waals surface area contributed by atoms with Crippen molar-refractivity contribution in [1.82, 2.24) is 9.78 Å². The van der Waals surface area contributed by atoms with Crippen LogP contribution in [-0.2, 0) is 16.6 Å². The molecule has 0 amide bonds. The van der Waals surface area contributed by atoms with E-state index in [9.17, 15) is 13.2 Å². The third-order valence-corrected chi connectivity index (χ3v) is 7.44. The van der Waals surface area contributed by atoms with Crippen LogP contribution in [0.3, 0.4) is 0 Å². The molecule has 0 saturated carbocycles. The van der Waals surface area contributed by atoms with Crippen LogP contribution in [0.25, 0.3) is 22.5 Å². The molecule has 32 heavy (non-hydrogen) atoms. The van der Waals surface area contributed by atoms with Gasteiger partial charge >= 0.3 is 0 Å². The van der Waals surface area contributed by atoms with Crippen molar-refractivity contribution in [2.24, 2.45) is 0 Å². The molecule has 3 aromatic carbocycles. The van der Waals surface area contributed by atoms with Crippen molar-refractivity contribution in [1.29, 1.82) is 0 Å². The van der Waals surface area contributed by atoms with E-state index in [1.165, 1.54) is 15.9 Å². The first kappa shape index (κ1) is 20.2. The molecular weight excluding hydrogens is 422 g/mol. The number of carbonyl (C=O) groups is 1. The monoisotopic (exact) mass is 443 g/mol. The van der Waals surface area contributed by atoms with E-state index >= 15 is 0 Å². The van der Waals surface area contributed by atoms with Crippen molar-refractivity contribution < 1.29 is 13.2 Å². The van der Waals surface area contributed by atoms with E-state index in [4.69, 9.17) is 0 Å². The average Bonchev–Trinajstić information content (AvgIpc) is 3.19. The Labute approximate surface area is 186 Å². The van der Waals surface area contributed by atoms with Crippen molar-refractivity contribution in [2.75, 3.05) is 4.31 Å². The molecule has 0 N–H and O–H groups in total. The van der Waals surface area contributed by atoms with Gasteiger partial charge in [-0.2, -0.15) is 9.78 Å². The molecule has 1 aromatic heterocycles. The number of rotatable bonds is 3. The van der Waals surface area contributed by atoms with Gasteiger partial charge in [-0.1, -0.05) is 66.2 Å². The molecule has 5 rings (SSSR count). The second-order valence-electron chi connectivity index (χ2n) is 7.81. The average molecular weight is 444 g/mol. The van der Waals surface area contributed by atoms with Gasteiger partial charge in [-0.05, 0) is 25.1 Å². The number of fused-ring (bicyclic) bond motifs is 3. The van der Waals surface area contributed by atoms with Crippen LogP contribution >= 0.6 is 0 Å². The van der Waals surface area contributed by atoms with Crippen LogP contribution in [0.2, 0.25) is 0 Å². The maximum absolute atomic E-state index is 13.7. The van der Waals surface area contributed by atoms with Gasteiger partial charge < -0.3 is 0 Å². The van der Waals surface area contributed by atoms with E-state index in [1.54, 1.807) is 30.3 Å². The van der Waals surface area contributed by atoms with E-state index in [0.29, 0.717) is 28.2 Å². The molecule has 0 unspecified atom stereocenters. The van der Waals surface area contributed by atoms with Gasteiger partial charge in [0.25, 0.3) is 10.0 Å². The highest BCUT2D eigenvalue weighted by Crippen LogP contribution is 2.44. The summed E-state index contributed by atoms with van der Waals surface area (Å²) in [7, 11) is -3.83. The lowest BCUT2D eigenvalue weighted by atomic mass is 9.97. The van der Waals surface area contributed by atoms with E-state index in [2.05, 4.69) is 5.10 Å². The number of sulfonamides is 1. The fourth-order valence-corrected chi connectivity index (χ4v) is 5.56. The van der Waals surface area contributed by atoms with Crippen LogP contribution in [0.15, 0.2) is 83.8 Å². The lowest BCUT2D eigenvalue weighted by molar-refractivity contribution is 0.0923. The Hall–Kier alpha value is -3.71. The summed E-state index contributed by atoms with van der Waals surface area (Å²) in [5.41, 5.74) is 4.98. The van der Waals surface area contributed by atoms with Crippen molar-refractivity contribution in [2.45, 2.75) is 25.3 Å². The topological polar surface area (TPSA) is 72.3 Å². The van der Waals surface area contributed by atoms with Gasteiger partial charge in [-0.25, -0.2) is 8.42 Å². The number of aromatic nitrogens is 2. The first-order chi connectivity index (χ1) is 15.4. The largest absolute Gasteiger partial charge is 0.273 e. The Balaban J connectivity index is 1.76. The first-order valence-corrected chi connectivity index (χ1v) is 11.7. The minimum Gasteiger partial charge on any atom is -0.273 e. The van der Waals surface area contributed by atoms with Gasteiger partial charge in [0.1, 0.15) is 5.69 Å². The molecule has 0 spiro atoms. The van der Waals surface area contributed by atoms with Crippen molar-refractivity contribution in [3.05, 3.63) is 90.0 Å². The second kappa shape index (κ2) is 7.46. The Morgan fingerprint density at radius 3 is 2.25 bits per heavy atom. The van der Waals surface area contributed by atoms with E-state index in [0.717, 1.165) is 11.1 Å². The molecule has 0 bridgehead atoms. The van der Waals surface area contributed by atoms with Crippen molar-refractivity contribution in [3.8, 4) is 22.5 Å². The number of para-hydroxylation sites is 1. The number of aryl methyl sites for hydroxylation is 1. The fourth-order valence-electron chi connectivity index (χ4n) is 4.11. The molecule has 0 fully saturated rings. The number of carbonyl (C=O) groups excluding carboxylic acids is 1. The first-order valence-electron chi connectivity index (χ1n) is 10.2. The highest BCUT2D eigenvalue weighted by molar-refractivity contribution is 7.92. The molecule has 6 nitrogen and oxygen atoms in total. The standard InChI is InChI=1S/C25H21N3O3S/c1-17-12-14-20(15-13-17)32(30,31)27-16-22-24(21-10-6-7-11-23(21)27)26-28(18(2)29)25(22)19-8-4-3-5-9-19/h3-15H,16H2,1-2H3. The zero-order valence-corrected chi connectivity index (χ0v) is 18.5. The summed E-state index contributed by atoms with van der Waals surface area (Å²) < 4.78 is 30.2. The lowest BCUT2D eigenvalue weighted by Crippen LogP contribution is -2.33. The van der Waals surface area contributed by atoms with Gasteiger partial charge in [-0.3, -0.25) is 9.10 Å². The molecule has 0 radical (unpaired) electrons. The second-order valence-corrected chi connectivity index (χ2v) is 9.68. The Kier molecular flexibility index (Phi) is 4.71. The number of hydrogen-bond acceptors (Lipinski definition) is 4. The van der Waals surface area contributed by atoms with Gasteiger partial charge in [0.15, 0.2) is 0 Å². The van der Waals surface area contributed by atoms with Gasteiger partial charge in [0, 0.05) is 23.6 Å². The molecule has 4 aromatic rings. The quantitative estimate of drug-likeness (QED) is 0.452. The predicted octanol–water partition coefficient (Wildman–Crippen LogP) is 4.89. The fraction of sp³-hybridized carbons (Fsp3) is 0.120. The minimum atomic E-state index is -3.83. The van der Waals surface area contributed by atoms with Crippen LogP contribution in [0.4, 0.5) is 5.69 Å². The predicted molar refractivity (Wildman–Crippen MR) is 124 cm³/mol. The van der Waals surface area contributed by atoms with Crippen LogP contribution in [0.5, 0.6) is 0 Å². The van der Waals surface area contributed by atoms with Crippen LogP contribution in [0.1, 0.15) is 22.8 Å². The molecule has 0 saturated heterocycles. The highest BCUT2D eigenvalue weighted by atomic mass is 32.2. The summed E-state index contributed by atoms with van der Waals surface area (Å²) >= 11 is 0. The Morgan fingerprint density at radius 1 is 0.906 bits per heavy atom. The zero-order valence-electron chi connectivity index (χ0n) is 17.7. The number of benzene rings is 3. The normalized spacial score (nSPS) is 12.9. The summed E-state index contributed by atoms with van der Waals surface area (Å²) in [5, 5.41) is 4.61. The number of anilines is 1. The molecule has 0 aliphatic carbocycles. The van der Waals surface area contributed by atoms with E-state index < -0.39 is 10.0 Å². The SMILES string of the molecule is CC(=O)n1nc2c(c1-c1ccccc1)CN(S(=O)(=O)c1ccc(C)cc1)c1ccccc1-2. The molecule has 7 heteroatoms. The molecule has 0 atom stereocenters. The highest BCUT2D eigenvalue weighted by Gasteiger charge is 2.36. The summed E-state index contributed by atoms with van der Waals surface area (Å²) in [6.45, 7) is 3.46. The van der Waals surface area contributed by atoms with Crippen LogP contribution in [-0.4, -0.2) is 24.1 Å². The van der Waals surface area contributed by atoms with Gasteiger partial charge in [0.2, 0.25) is 5.91 Å². The molecule has 2 heterocycles. The Morgan fingerprint density at radius 2 is 1.56 bits per heavy atom. The molecule has 1 aliphatic rings.